The summed E-state index contributed by atoms with van der Waals surface area (Å²) in [5.74, 6) is 0. The Morgan fingerprint density at radius 1 is 1.35 bits per heavy atom. The van der Waals surface area contributed by atoms with Crippen molar-refractivity contribution in [3.05, 3.63) is 26.8 Å². The molecule has 0 aliphatic carbocycles. The van der Waals surface area contributed by atoms with E-state index in [1.54, 1.807) is 0 Å². The summed E-state index contributed by atoms with van der Waals surface area (Å²) in [6.07, 6.45) is 0.441. The second-order valence-electron chi connectivity index (χ2n) is 5.33. The Morgan fingerprint density at radius 3 is 2.65 bits per heavy atom. The van der Waals surface area contributed by atoms with E-state index in [1.165, 1.54) is 0 Å². The molecule has 1 aromatic carbocycles. The lowest BCUT2D eigenvalue weighted by Gasteiger charge is -2.19. The van der Waals surface area contributed by atoms with Crippen molar-refractivity contribution in [1.82, 2.24) is 5.32 Å². The summed E-state index contributed by atoms with van der Waals surface area (Å²) in [6.45, 7) is 6.88. The van der Waals surface area contributed by atoms with Crippen LogP contribution in [0.25, 0.3) is 0 Å². The minimum absolute atomic E-state index is 0.376. The van der Waals surface area contributed by atoms with Crippen molar-refractivity contribution in [3.8, 4) is 0 Å². The first-order valence-corrected chi connectivity index (χ1v) is 7.89. The molecule has 0 unspecified atom stereocenters. The number of ether oxygens (including phenoxy) is 1. The maximum atomic E-state index is 11.4. The van der Waals surface area contributed by atoms with Gasteiger partial charge in [0.25, 0.3) is 0 Å². The predicted molar refractivity (Wildman–Crippen MR) is 91.5 cm³/mol. The number of amides is 1. The number of carbonyl (C=O) groups is 1. The van der Waals surface area contributed by atoms with Crippen LogP contribution in [0.3, 0.4) is 0 Å². The summed E-state index contributed by atoms with van der Waals surface area (Å²) in [4.78, 5) is 11.4. The van der Waals surface area contributed by atoms with Gasteiger partial charge in [0.05, 0.1) is 0 Å². The molecule has 0 aliphatic heterocycles. The SMILES string of the molecule is CC(C)(C)OC(=O)NCCCNc1ccc(Cl)cc1I. The van der Waals surface area contributed by atoms with Gasteiger partial charge in [-0.15, -0.1) is 0 Å². The zero-order chi connectivity index (χ0) is 15.2. The molecular formula is C14H20ClIN2O2. The molecule has 0 radical (unpaired) electrons. The lowest BCUT2D eigenvalue weighted by molar-refractivity contribution is 0.0528. The number of benzene rings is 1. The summed E-state index contributed by atoms with van der Waals surface area (Å²) in [5.41, 5.74) is 0.592. The van der Waals surface area contributed by atoms with Crippen molar-refractivity contribution in [1.29, 1.82) is 0 Å². The molecule has 0 fully saturated rings. The molecular weight excluding hydrogens is 391 g/mol. The maximum absolute atomic E-state index is 11.4. The molecule has 1 aromatic rings. The molecule has 2 N–H and O–H groups in total. The highest BCUT2D eigenvalue weighted by atomic mass is 127. The summed E-state index contributed by atoms with van der Waals surface area (Å²) in [7, 11) is 0. The molecule has 0 heterocycles. The van der Waals surface area contributed by atoms with Crippen LogP contribution >= 0.6 is 34.2 Å². The van der Waals surface area contributed by atoms with E-state index >= 15 is 0 Å². The fraction of sp³-hybridized carbons (Fsp3) is 0.500. The summed E-state index contributed by atoms with van der Waals surface area (Å²) < 4.78 is 6.23. The lowest BCUT2D eigenvalue weighted by atomic mass is 10.2. The first-order valence-electron chi connectivity index (χ1n) is 6.44. The number of rotatable bonds is 5. The number of anilines is 1. The Balaban J connectivity index is 2.21. The van der Waals surface area contributed by atoms with Gasteiger partial charge in [0.15, 0.2) is 0 Å². The highest BCUT2D eigenvalue weighted by molar-refractivity contribution is 14.1. The molecule has 0 saturated heterocycles. The number of halogens is 2. The van der Waals surface area contributed by atoms with Crippen LogP contribution in [0.5, 0.6) is 0 Å². The number of carbonyl (C=O) groups excluding carboxylic acids is 1. The molecule has 0 aliphatic rings. The molecule has 112 valence electrons. The lowest BCUT2D eigenvalue weighted by Crippen LogP contribution is -2.33. The third-order valence-corrected chi connectivity index (χ3v) is 3.40. The van der Waals surface area contributed by atoms with Gasteiger partial charge in [-0.25, -0.2) is 4.79 Å². The van der Waals surface area contributed by atoms with Crippen molar-refractivity contribution in [2.24, 2.45) is 0 Å². The molecule has 1 amide bonds. The van der Waals surface area contributed by atoms with Gasteiger partial charge >= 0.3 is 6.09 Å². The minimum atomic E-state index is -0.457. The topological polar surface area (TPSA) is 50.4 Å². The summed E-state index contributed by atoms with van der Waals surface area (Å²) in [6, 6.07) is 5.71. The van der Waals surface area contributed by atoms with E-state index in [4.69, 9.17) is 16.3 Å². The normalized spacial score (nSPS) is 11.1. The van der Waals surface area contributed by atoms with Crippen LogP contribution < -0.4 is 10.6 Å². The van der Waals surface area contributed by atoms with E-state index in [-0.39, 0.29) is 6.09 Å². The average molecular weight is 411 g/mol. The molecule has 1 rings (SSSR count). The van der Waals surface area contributed by atoms with Crippen molar-refractivity contribution in [2.75, 3.05) is 18.4 Å². The first-order chi connectivity index (χ1) is 9.28. The van der Waals surface area contributed by atoms with Crippen molar-refractivity contribution in [2.45, 2.75) is 32.8 Å². The quantitative estimate of drug-likeness (QED) is 0.563. The van der Waals surface area contributed by atoms with E-state index in [0.717, 1.165) is 27.2 Å². The van der Waals surface area contributed by atoms with Gasteiger partial charge in [0.1, 0.15) is 5.60 Å². The number of hydrogen-bond acceptors (Lipinski definition) is 3. The highest BCUT2D eigenvalue weighted by Crippen LogP contribution is 2.22. The van der Waals surface area contributed by atoms with E-state index in [1.807, 2.05) is 39.0 Å². The standard InChI is InChI=1S/C14H20ClIN2O2/c1-14(2,3)20-13(19)18-8-4-7-17-12-6-5-10(15)9-11(12)16/h5-6,9,17H,4,7-8H2,1-3H3,(H,18,19). The molecule has 0 atom stereocenters. The highest BCUT2D eigenvalue weighted by Gasteiger charge is 2.15. The zero-order valence-corrected chi connectivity index (χ0v) is 14.8. The largest absolute Gasteiger partial charge is 0.444 e. The molecule has 0 bridgehead atoms. The van der Waals surface area contributed by atoms with Gasteiger partial charge in [0, 0.05) is 27.4 Å². The van der Waals surface area contributed by atoms with Gasteiger partial charge < -0.3 is 15.4 Å². The van der Waals surface area contributed by atoms with Crippen LogP contribution in [0.1, 0.15) is 27.2 Å². The zero-order valence-electron chi connectivity index (χ0n) is 11.9. The van der Waals surface area contributed by atoms with Crippen LogP contribution in [0.2, 0.25) is 5.02 Å². The van der Waals surface area contributed by atoms with Crippen LogP contribution in [0.15, 0.2) is 18.2 Å². The molecule has 0 saturated carbocycles. The fourth-order valence-electron chi connectivity index (χ4n) is 1.45. The third-order valence-electron chi connectivity index (χ3n) is 2.27. The smallest absolute Gasteiger partial charge is 0.407 e. The van der Waals surface area contributed by atoms with Crippen molar-refractivity contribution < 1.29 is 9.53 Å². The summed E-state index contributed by atoms with van der Waals surface area (Å²) >= 11 is 8.13. The number of alkyl carbamates (subject to hydrolysis) is 1. The predicted octanol–water partition coefficient (Wildman–Crippen LogP) is 4.27. The van der Waals surface area contributed by atoms with E-state index in [2.05, 4.69) is 33.2 Å². The Bertz CT molecular complexity index is 461. The second kappa shape index (κ2) is 7.93. The van der Waals surface area contributed by atoms with Gasteiger partial charge in [-0.1, -0.05) is 11.6 Å². The van der Waals surface area contributed by atoms with Crippen LogP contribution in [-0.4, -0.2) is 24.8 Å². The van der Waals surface area contributed by atoms with Gasteiger partial charge in [-0.3, -0.25) is 0 Å². The van der Waals surface area contributed by atoms with Crippen LogP contribution in [0.4, 0.5) is 10.5 Å². The van der Waals surface area contributed by atoms with Gasteiger partial charge in [0.2, 0.25) is 0 Å². The fourth-order valence-corrected chi connectivity index (χ4v) is 2.51. The minimum Gasteiger partial charge on any atom is -0.444 e. The van der Waals surface area contributed by atoms with Gasteiger partial charge in [-0.05, 0) is 68.0 Å². The molecule has 20 heavy (non-hydrogen) atoms. The Hall–Kier alpha value is -0.690. The Kier molecular flexibility index (Phi) is 6.88. The third kappa shape index (κ3) is 7.19. The Morgan fingerprint density at radius 2 is 2.05 bits per heavy atom. The second-order valence-corrected chi connectivity index (χ2v) is 6.93. The molecule has 0 aromatic heterocycles. The Labute approximate surface area is 138 Å². The summed E-state index contributed by atoms with van der Waals surface area (Å²) in [5, 5.41) is 6.76. The maximum Gasteiger partial charge on any atom is 0.407 e. The first kappa shape index (κ1) is 17.4. The number of hydrogen-bond donors (Lipinski definition) is 2. The van der Waals surface area contributed by atoms with Gasteiger partial charge in [-0.2, -0.15) is 0 Å². The molecule has 6 heteroatoms. The molecule has 0 spiro atoms. The van der Waals surface area contributed by atoms with E-state index < -0.39 is 5.60 Å². The van der Waals surface area contributed by atoms with E-state index in [9.17, 15) is 4.79 Å². The van der Waals surface area contributed by atoms with Crippen LogP contribution in [-0.2, 0) is 4.74 Å². The van der Waals surface area contributed by atoms with E-state index in [0.29, 0.717) is 6.54 Å². The van der Waals surface area contributed by atoms with Crippen molar-refractivity contribution in [3.63, 3.8) is 0 Å². The monoisotopic (exact) mass is 410 g/mol. The molecule has 4 nitrogen and oxygen atoms in total. The van der Waals surface area contributed by atoms with Crippen LogP contribution in [0, 0.1) is 3.57 Å². The van der Waals surface area contributed by atoms with Crippen molar-refractivity contribution >= 4 is 46.0 Å². The average Bonchev–Trinajstić information content (AvgIpc) is 2.28. The number of nitrogens with one attached hydrogen (secondary N) is 2.